The molecule has 5 nitrogen and oxygen atoms in total. The first kappa shape index (κ1) is 22.8. The number of benzene rings is 3. The zero-order valence-corrected chi connectivity index (χ0v) is 18.3. The van der Waals surface area contributed by atoms with Gasteiger partial charge >= 0.3 is 6.18 Å². The molecule has 0 aliphatic carbocycles. The molecule has 0 atom stereocenters. The number of aromatic amines is 1. The van der Waals surface area contributed by atoms with E-state index in [1.807, 2.05) is 6.07 Å². The highest BCUT2D eigenvalue weighted by Gasteiger charge is 2.30. The van der Waals surface area contributed by atoms with Crippen LogP contribution in [0.25, 0.3) is 16.6 Å². The van der Waals surface area contributed by atoms with E-state index in [4.69, 9.17) is 23.8 Å². The Morgan fingerprint density at radius 1 is 1.06 bits per heavy atom. The van der Waals surface area contributed by atoms with Crippen molar-refractivity contribution in [3.8, 4) is 5.69 Å². The smallest absolute Gasteiger partial charge is 0.348 e. The molecule has 0 aliphatic rings. The molecule has 1 aromatic heterocycles. The SMILES string of the molecule is O=C(NCc1cccc(Cl)c1)c1ccc2c(=O)n(-c3cccc(C(F)(F)F)c3)c(=S)[nH]c2c1. The molecule has 0 radical (unpaired) electrons. The Kier molecular flexibility index (Phi) is 6.09. The van der Waals surface area contributed by atoms with Crippen LogP contribution in [0.3, 0.4) is 0 Å². The van der Waals surface area contributed by atoms with E-state index in [-0.39, 0.29) is 33.9 Å². The molecule has 4 aromatic rings. The molecule has 0 spiro atoms. The van der Waals surface area contributed by atoms with Crippen LogP contribution in [0.4, 0.5) is 13.2 Å². The van der Waals surface area contributed by atoms with E-state index in [2.05, 4.69) is 10.3 Å². The molecular weight excluding hydrogens is 475 g/mol. The van der Waals surface area contributed by atoms with E-state index in [9.17, 15) is 22.8 Å². The molecule has 0 saturated heterocycles. The Morgan fingerprint density at radius 3 is 2.55 bits per heavy atom. The first-order valence-corrected chi connectivity index (χ1v) is 10.4. The third kappa shape index (κ3) is 4.84. The summed E-state index contributed by atoms with van der Waals surface area (Å²) in [6, 6.07) is 15.8. The molecule has 33 heavy (non-hydrogen) atoms. The number of hydrogen-bond acceptors (Lipinski definition) is 3. The van der Waals surface area contributed by atoms with Gasteiger partial charge in [-0.2, -0.15) is 13.2 Å². The third-order valence-electron chi connectivity index (χ3n) is 4.93. The minimum atomic E-state index is -4.56. The first-order valence-electron chi connectivity index (χ1n) is 9.63. The van der Waals surface area contributed by atoms with E-state index < -0.39 is 17.3 Å². The number of alkyl halides is 3. The molecule has 0 fully saturated rings. The zero-order chi connectivity index (χ0) is 23.8. The zero-order valence-electron chi connectivity index (χ0n) is 16.7. The standard InChI is InChI=1S/C23H15ClF3N3O2S/c24-16-5-1-3-13(9-16)12-28-20(31)14-7-8-18-19(10-14)29-22(33)30(21(18)32)17-6-2-4-15(11-17)23(25,26)27/h1-11H,12H2,(H,28,31)(H,29,33). The van der Waals surface area contributed by atoms with Gasteiger partial charge in [0.1, 0.15) is 0 Å². The number of hydrogen-bond donors (Lipinski definition) is 2. The van der Waals surface area contributed by atoms with Crippen molar-refractivity contribution in [2.75, 3.05) is 0 Å². The third-order valence-corrected chi connectivity index (χ3v) is 5.45. The lowest BCUT2D eigenvalue weighted by molar-refractivity contribution is -0.137. The molecule has 0 saturated carbocycles. The van der Waals surface area contributed by atoms with Crippen LogP contribution in [-0.2, 0) is 12.7 Å². The summed E-state index contributed by atoms with van der Waals surface area (Å²) >= 11 is 11.2. The van der Waals surface area contributed by atoms with Gasteiger partial charge in [-0.15, -0.1) is 0 Å². The highest BCUT2D eigenvalue weighted by atomic mass is 35.5. The second-order valence-corrected chi connectivity index (χ2v) is 8.01. The van der Waals surface area contributed by atoms with E-state index >= 15 is 0 Å². The number of rotatable bonds is 4. The molecule has 0 unspecified atom stereocenters. The van der Waals surface area contributed by atoms with Crippen molar-refractivity contribution >= 4 is 40.6 Å². The quantitative estimate of drug-likeness (QED) is 0.364. The second-order valence-electron chi connectivity index (χ2n) is 7.19. The number of nitrogens with zero attached hydrogens (tertiary/aromatic N) is 1. The maximum Gasteiger partial charge on any atom is 0.416 e. The average Bonchev–Trinajstić information content (AvgIpc) is 2.77. The van der Waals surface area contributed by atoms with Gasteiger partial charge in [-0.3, -0.25) is 14.2 Å². The van der Waals surface area contributed by atoms with Crippen molar-refractivity contribution in [1.82, 2.24) is 14.9 Å². The van der Waals surface area contributed by atoms with Crippen LogP contribution in [0, 0.1) is 4.77 Å². The lowest BCUT2D eigenvalue weighted by Crippen LogP contribution is -2.24. The number of nitrogens with one attached hydrogen (secondary N) is 2. The van der Waals surface area contributed by atoms with Gasteiger partial charge in [0.2, 0.25) is 0 Å². The topological polar surface area (TPSA) is 66.9 Å². The Hall–Kier alpha value is -3.43. The van der Waals surface area contributed by atoms with Crippen molar-refractivity contribution in [3.63, 3.8) is 0 Å². The fourth-order valence-corrected chi connectivity index (χ4v) is 3.86. The number of carbonyl (C=O) groups is 1. The van der Waals surface area contributed by atoms with Crippen LogP contribution in [0.5, 0.6) is 0 Å². The van der Waals surface area contributed by atoms with Gasteiger partial charge < -0.3 is 10.3 Å². The van der Waals surface area contributed by atoms with Gasteiger partial charge in [0, 0.05) is 17.1 Å². The highest BCUT2D eigenvalue weighted by molar-refractivity contribution is 7.71. The Bertz CT molecular complexity index is 1500. The summed E-state index contributed by atoms with van der Waals surface area (Å²) in [6.07, 6.45) is -4.56. The summed E-state index contributed by atoms with van der Waals surface area (Å²) in [5.41, 5.74) is -0.108. The van der Waals surface area contributed by atoms with E-state index in [0.717, 1.165) is 22.3 Å². The van der Waals surface area contributed by atoms with Crippen molar-refractivity contribution in [1.29, 1.82) is 0 Å². The predicted octanol–water partition coefficient (Wildman–Crippen LogP) is 5.65. The van der Waals surface area contributed by atoms with E-state index in [0.29, 0.717) is 10.5 Å². The number of carbonyl (C=O) groups excluding carboxylic acids is 1. The molecule has 4 rings (SSSR count). The second kappa shape index (κ2) is 8.84. The number of amides is 1. The highest BCUT2D eigenvalue weighted by Crippen LogP contribution is 2.30. The predicted molar refractivity (Wildman–Crippen MR) is 122 cm³/mol. The maximum absolute atomic E-state index is 13.1. The van der Waals surface area contributed by atoms with Gasteiger partial charge in [-0.1, -0.05) is 29.8 Å². The van der Waals surface area contributed by atoms with Gasteiger partial charge in [-0.05, 0) is 66.3 Å². The number of aromatic nitrogens is 2. The van der Waals surface area contributed by atoms with Crippen molar-refractivity contribution in [3.05, 3.63) is 104 Å². The van der Waals surface area contributed by atoms with Crippen LogP contribution in [0.15, 0.2) is 71.5 Å². The summed E-state index contributed by atoms with van der Waals surface area (Å²) in [4.78, 5) is 28.4. The van der Waals surface area contributed by atoms with Gasteiger partial charge in [0.25, 0.3) is 11.5 Å². The molecule has 1 heterocycles. The molecule has 10 heteroatoms. The normalized spacial score (nSPS) is 11.5. The molecular formula is C23H15ClF3N3O2S. The van der Waals surface area contributed by atoms with Gasteiger partial charge in [0.05, 0.1) is 22.2 Å². The van der Waals surface area contributed by atoms with Crippen molar-refractivity contribution in [2.45, 2.75) is 12.7 Å². The fraction of sp³-hybridized carbons (Fsp3) is 0.0870. The van der Waals surface area contributed by atoms with Crippen LogP contribution in [-0.4, -0.2) is 15.5 Å². The number of fused-ring (bicyclic) bond motifs is 1. The summed E-state index contributed by atoms with van der Waals surface area (Å²) in [7, 11) is 0. The minimum Gasteiger partial charge on any atom is -0.348 e. The molecule has 1 amide bonds. The molecule has 0 bridgehead atoms. The lowest BCUT2D eigenvalue weighted by atomic mass is 10.1. The summed E-state index contributed by atoms with van der Waals surface area (Å²) in [5, 5.41) is 3.49. The molecule has 3 aromatic carbocycles. The maximum atomic E-state index is 13.1. The van der Waals surface area contributed by atoms with Gasteiger partial charge in [0.15, 0.2) is 4.77 Å². The van der Waals surface area contributed by atoms with Crippen molar-refractivity contribution in [2.24, 2.45) is 0 Å². The molecule has 0 aliphatic heterocycles. The van der Waals surface area contributed by atoms with Crippen LogP contribution < -0.4 is 10.9 Å². The number of halogens is 4. The van der Waals surface area contributed by atoms with E-state index in [1.165, 1.54) is 30.3 Å². The van der Waals surface area contributed by atoms with Crippen molar-refractivity contribution < 1.29 is 18.0 Å². The summed E-state index contributed by atoms with van der Waals surface area (Å²) in [5.74, 6) is -0.377. The summed E-state index contributed by atoms with van der Waals surface area (Å²) in [6.45, 7) is 0.255. The fourth-order valence-electron chi connectivity index (χ4n) is 3.35. The van der Waals surface area contributed by atoms with Crippen LogP contribution in [0.1, 0.15) is 21.5 Å². The van der Waals surface area contributed by atoms with Gasteiger partial charge in [-0.25, -0.2) is 0 Å². The monoisotopic (exact) mass is 489 g/mol. The van der Waals surface area contributed by atoms with E-state index in [1.54, 1.807) is 18.2 Å². The molecule has 168 valence electrons. The lowest BCUT2D eigenvalue weighted by Gasteiger charge is -2.12. The Balaban J connectivity index is 1.67. The molecule has 2 N–H and O–H groups in total. The summed E-state index contributed by atoms with van der Waals surface area (Å²) < 4.78 is 40.1. The Labute approximate surface area is 195 Å². The largest absolute Gasteiger partial charge is 0.416 e. The average molecular weight is 490 g/mol. The van der Waals surface area contributed by atoms with Crippen LogP contribution in [0.2, 0.25) is 5.02 Å². The van der Waals surface area contributed by atoms with Crippen LogP contribution >= 0.6 is 23.8 Å². The first-order chi connectivity index (χ1) is 15.6. The minimum absolute atomic E-state index is 0.0127. The number of H-pyrrole nitrogens is 1. The Morgan fingerprint density at radius 2 is 1.82 bits per heavy atom.